The molecule has 2 aromatic carbocycles. The number of carbonyl (C=O) groups is 1. The highest BCUT2D eigenvalue weighted by atomic mass is 35.5. The molecule has 0 aliphatic carbocycles. The number of aromatic nitrogens is 3. The lowest BCUT2D eigenvalue weighted by Crippen LogP contribution is -2.46. The molecule has 0 unspecified atom stereocenters. The summed E-state index contributed by atoms with van der Waals surface area (Å²) < 4.78 is 40.3. The average molecular weight is 520 g/mol. The van der Waals surface area contributed by atoms with Crippen molar-refractivity contribution in [1.82, 2.24) is 19.9 Å². The van der Waals surface area contributed by atoms with Gasteiger partial charge in [-0.3, -0.25) is 4.79 Å². The van der Waals surface area contributed by atoms with Crippen molar-refractivity contribution in [2.24, 2.45) is 5.92 Å². The molecule has 1 amide bonds. The number of nitrogens with one attached hydrogen (secondary N) is 1. The van der Waals surface area contributed by atoms with Crippen molar-refractivity contribution in [1.29, 1.82) is 0 Å². The molecular formula is C25H25ClF3N5O2. The molecule has 0 spiro atoms. The molecule has 7 nitrogen and oxygen atoms in total. The summed E-state index contributed by atoms with van der Waals surface area (Å²) in [5, 5.41) is 3.35. The van der Waals surface area contributed by atoms with Gasteiger partial charge in [-0.05, 0) is 49.2 Å². The Morgan fingerprint density at radius 1 is 1.06 bits per heavy atom. The van der Waals surface area contributed by atoms with Crippen LogP contribution >= 0.6 is 11.6 Å². The second-order valence-corrected chi connectivity index (χ2v) is 9.32. The van der Waals surface area contributed by atoms with Crippen LogP contribution in [0.2, 0.25) is 5.02 Å². The predicted octanol–water partition coefficient (Wildman–Crippen LogP) is 4.71. The van der Waals surface area contributed by atoms with Crippen molar-refractivity contribution >= 4 is 23.5 Å². The molecule has 1 N–H and O–H groups in total. The van der Waals surface area contributed by atoms with E-state index in [4.69, 9.17) is 11.6 Å². The van der Waals surface area contributed by atoms with Gasteiger partial charge in [0.1, 0.15) is 0 Å². The van der Waals surface area contributed by atoms with E-state index in [9.17, 15) is 22.8 Å². The van der Waals surface area contributed by atoms with Gasteiger partial charge in [0, 0.05) is 30.6 Å². The maximum absolute atomic E-state index is 13.2. The maximum Gasteiger partial charge on any atom is 0.416 e. The number of rotatable bonds is 5. The lowest BCUT2D eigenvalue weighted by atomic mass is 10.0. The molecule has 1 aromatic heterocycles. The van der Waals surface area contributed by atoms with Crippen LogP contribution in [-0.2, 0) is 11.0 Å². The molecule has 0 bridgehead atoms. The zero-order valence-electron chi connectivity index (χ0n) is 19.7. The molecule has 36 heavy (non-hydrogen) atoms. The summed E-state index contributed by atoms with van der Waals surface area (Å²) in [4.78, 5) is 35.9. The normalized spacial score (nSPS) is 14.8. The Morgan fingerprint density at radius 3 is 2.28 bits per heavy atom. The largest absolute Gasteiger partial charge is 0.416 e. The van der Waals surface area contributed by atoms with Crippen LogP contribution in [0.4, 0.5) is 19.1 Å². The lowest BCUT2D eigenvalue weighted by molar-refractivity contribution is -0.137. The van der Waals surface area contributed by atoms with Crippen molar-refractivity contribution in [3.8, 4) is 17.1 Å². The van der Waals surface area contributed by atoms with Gasteiger partial charge in [-0.1, -0.05) is 37.6 Å². The Morgan fingerprint density at radius 2 is 1.69 bits per heavy atom. The van der Waals surface area contributed by atoms with Gasteiger partial charge in [0.2, 0.25) is 11.9 Å². The van der Waals surface area contributed by atoms with Gasteiger partial charge < -0.3 is 10.2 Å². The molecule has 0 saturated carbocycles. The van der Waals surface area contributed by atoms with E-state index in [1.165, 1.54) is 12.1 Å². The van der Waals surface area contributed by atoms with Gasteiger partial charge in [-0.25, -0.2) is 9.36 Å². The molecule has 0 radical (unpaired) electrons. The second-order valence-electron chi connectivity index (χ2n) is 8.91. The highest BCUT2D eigenvalue weighted by Gasteiger charge is 2.30. The number of anilines is 1. The first-order valence-electron chi connectivity index (χ1n) is 11.5. The third-order valence-corrected chi connectivity index (χ3v) is 6.35. The summed E-state index contributed by atoms with van der Waals surface area (Å²) in [5.41, 5.74) is -0.892. The van der Waals surface area contributed by atoms with Gasteiger partial charge in [-0.15, -0.1) is 0 Å². The minimum Gasteiger partial charge on any atom is -0.353 e. The number of halogens is 4. The van der Waals surface area contributed by atoms with E-state index in [1.807, 2.05) is 18.7 Å². The zero-order chi connectivity index (χ0) is 26.0. The standard InChI is InChI=1S/C25H25ClF3N5O2/c1-15(2)22(35)30-17-11-13-33(14-12-17)23-31-21(19-5-3-4-6-20(19)26)34(24(36)32-23)18-9-7-16(8-10-18)25(27,28)29/h3-10,15,17H,11-14H2,1-2H3,(H,30,35). The molecule has 3 aromatic rings. The molecule has 1 fully saturated rings. The quantitative estimate of drug-likeness (QED) is 0.528. The monoisotopic (exact) mass is 519 g/mol. The van der Waals surface area contributed by atoms with E-state index < -0.39 is 17.4 Å². The van der Waals surface area contributed by atoms with Crippen LogP contribution in [0.5, 0.6) is 0 Å². The fourth-order valence-electron chi connectivity index (χ4n) is 3.98. The molecule has 2 heterocycles. The van der Waals surface area contributed by atoms with Crippen LogP contribution in [0, 0.1) is 5.92 Å². The molecule has 190 valence electrons. The minimum atomic E-state index is -4.50. The van der Waals surface area contributed by atoms with Crippen molar-refractivity contribution in [3.05, 3.63) is 69.6 Å². The van der Waals surface area contributed by atoms with Gasteiger partial charge >= 0.3 is 11.9 Å². The third kappa shape index (κ3) is 5.53. The summed E-state index contributed by atoms with van der Waals surface area (Å²) >= 11 is 6.41. The van der Waals surface area contributed by atoms with E-state index in [0.717, 1.165) is 16.7 Å². The first-order chi connectivity index (χ1) is 17.0. The number of alkyl halides is 3. The average Bonchev–Trinajstić information content (AvgIpc) is 2.84. The topological polar surface area (TPSA) is 80.1 Å². The van der Waals surface area contributed by atoms with E-state index in [-0.39, 0.29) is 35.3 Å². The Balaban J connectivity index is 1.70. The van der Waals surface area contributed by atoms with Crippen LogP contribution in [0.25, 0.3) is 17.1 Å². The number of hydrogen-bond acceptors (Lipinski definition) is 5. The van der Waals surface area contributed by atoms with Crippen LogP contribution < -0.4 is 15.9 Å². The lowest BCUT2D eigenvalue weighted by Gasteiger charge is -2.33. The molecular weight excluding hydrogens is 495 g/mol. The number of hydrogen-bond donors (Lipinski definition) is 1. The number of amides is 1. The first kappa shape index (κ1) is 25.7. The van der Waals surface area contributed by atoms with Crippen LogP contribution in [0.3, 0.4) is 0 Å². The van der Waals surface area contributed by atoms with Gasteiger partial charge in [-0.2, -0.15) is 23.1 Å². The van der Waals surface area contributed by atoms with Crippen molar-refractivity contribution < 1.29 is 18.0 Å². The molecule has 1 saturated heterocycles. The van der Waals surface area contributed by atoms with E-state index in [1.54, 1.807) is 24.3 Å². The molecule has 1 aliphatic rings. The highest BCUT2D eigenvalue weighted by Crippen LogP contribution is 2.31. The number of carbonyl (C=O) groups excluding carboxylic acids is 1. The van der Waals surface area contributed by atoms with Crippen molar-refractivity contribution in [2.45, 2.75) is 38.9 Å². The molecule has 11 heteroatoms. The molecule has 4 rings (SSSR count). The van der Waals surface area contributed by atoms with Crippen LogP contribution in [0.15, 0.2) is 53.3 Å². The fraction of sp³-hybridized carbons (Fsp3) is 0.360. The summed E-state index contributed by atoms with van der Waals surface area (Å²) in [5.74, 6) is 0.254. The third-order valence-electron chi connectivity index (χ3n) is 6.02. The first-order valence-corrected chi connectivity index (χ1v) is 11.9. The highest BCUT2D eigenvalue weighted by molar-refractivity contribution is 6.33. The van der Waals surface area contributed by atoms with Gasteiger partial charge in [0.15, 0.2) is 5.82 Å². The smallest absolute Gasteiger partial charge is 0.353 e. The Labute approximate surface area is 210 Å². The maximum atomic E-state index is 13.2. The van der Waals surface area contributed by atoms with E-state index in [0.29, 0.717) is 36.5 Å². The number of benzene rings is 2. The van der Waals surface area contributed by atoms with Crippen LogP contribution in [0.1, 0.15) is 32.3 Å². The minimum absolute atomic E-state index is 0.00940. The van der Waals surface area contributed by atoms with E-state index >= 15 is 0 Å². The Bertz CT molecular complexity index is 1300. The van der Waals surface area contributed by atoms with Gasteiger partial charge in [0.05, 0.1) is 16.3 Å². The summed E-state index contributed by atoms with van der Waals surface area (Å²) in [6.07, 6.45) is -3.19. The predicted molar refractivity (Wildman–Crippen MR) is 131 cm³/mol. The number of nitrogens with zero attached hydrogens (tertiary/aromatic N) is 4. The summed E-state index contributed by atoms with van der Waals surface area (Å²) in [7, 11) is 0. The summed E-state index contributed by atoms with van der Waals surface area (Å²) in [6.45, 7) is 4.71. The second kappa shape index (κ2) is 10.3. The molecule has 0 atom stereocenters. The Kier molecular flexibility index (Phi) is 7.35. The zero-order valence-corrected chi connectivity index (χ0v) is 20.5. The van der Waals surface area contributed by atoms with E-state index in [2.05, 4.69) is 15.3 Å². The van der Waals surface area contributed by atoms with Crippen molar-refractivity contribution in [2.75, 3.05) is 18.0 Å². The SMILES string of the molecule is CC(C)C(=O)NC1CCN(c2nc(-c3ccccc3Cl)n(-c3ccc(C(F)(F)F)cc3)c(=O)n2)CC1. The van der Waals surface area contributed by atoms with Gasteiger partial charge in [0.25, 0.3) is 0 Å². The van der Waals surface area contributed by atoms with Crippen molar-refractivity contribution in [3.63, 3.8) is 0 Å². The summed E-state index contributed by atoms with van der Waals surface area (Å²) in [6, 6.07) is 11.0. The molecule has 1 aliphatic heterocycles. The Hall–Kier alpha value is -3.40. The fourth-order valence-corrected chi connectivity index (χ4v) is 4.20. The van der Waals surface area contributed by atoms with Crippen LogP contribution in [-0.4, -0.2) is 39.6 Å². The number of piperidine rings is 1.